The summed E-state index contributed by atoms with van der Waals surface area (Å²) in [6, 6.07) is 16.8. The van der Waals surface area contributed by atoms with Crippen molar-refractivity contribution in [2.75, 3.05) is 18.0 Å². The minimum absolute atomic E-state index is 0.125. The van der Waals surface area contributed by atoms with Crippen LogP contribution in [-0.2, 0) is 0 Å². The van der Waals surface area contributed by atoms with Gasteiger partial charge in [0.05, 0.1) is 0 Å². The number of phenols is 2. The monoisotopic (exact) mass is 334 g/mol. The molecule has 128 valence electrons. The Balaban J connectivity index is 1.97. The molecule has 0 bridgehead atoms. The number of anilines is 1. The van der Waals surface area contributed by atoms with E-state index in [0.29, 0.717) is 11.3 Å². The van der Waals surface area contributed by atoms with Crippen LogP contribution in [0, 0.1) is 0 Å². The zero-order valence-corrected chi connectivity index (χ0v) is 14.5. The summed E-state index contributed by atoms with van der Waals surface area (Å²) in [5, 5.41) is 22.4. The van der Waals surface area contributed by atoms with Crippen LogP contribution in [0.25, 0.3) is 10.8 Å². The van der Waals surface area contributed by atoms with E-state index in [0.717, 1.165) is 29.5 Å². The maximum Gasteiger partial charge on any atom is 0.143 e. The Morgan fingerprint density at radius 2 is 1.68 bits per heavy atom. The SMILES string of the molecule is CCN(CC)c1ccc(N=Cc2c(O)ccc3ccccc23)c(O)c1. The maximum absolute atomic E-state index is 10.3. The van der Waals surface area contributed by atoms with Gasteiger partial charge in [-0.1, -0.05) is 30.3 Å². The standard InChI is InChI=1S/C21H22N2O2/c1-3-23(4-2)16-10-11-19(21(25)13-16)22-14-18-17-8-6-5-7-15(17)9-12-20(18)24/h5-14,24-25H,3-4H2,1-2H3. The second-order valence-electron chi connectivity index (χ2n) is 5.82. The first-order valence-corrected chi connectivity index (χ1v) is 8.46. The van der Waals surface area contributed by atoms with Crippen LogP contribution >= 0.6 is 0 Å². The van der Waals surface area contributed by atoms with Gasteiger partial charge in [-0.25, -0.2) is 0 Å². The molecule has 0 aromatic heterocycles. The van der Waals surface area contributed by atoms with Crippen molar-refractivity contribution in [2.45, 2.75) is 13.8 Å². The average Bonchev–Trinajstić information content (AvgIpc) is 2.63. The first kappa shape index (κ1) is 16.8. The summed E-state index contributed by atoms with van der Waals surface area (Å²) in [6.45, 7) is 5.91. The smallest absolute Gasteiger partial charge is 0.143 e. The molecule has 2 N–H and O–H groups in total. The first-order chi connectivity index (χ1) is 12.1. The highest BCUT2D eigenvalue weighted by Crippen LogP contribution is 2.32. The quantitative estimate of drug-likeness (QED) is 0.656. The molecule has 3 aromatic carbocycles. The van der Waals surface area contributed by atoms with E-state index in [-0.39, 0.29) is 11.5 Å². The Bertz CT molecular complexity index is 915. The molecule has 0 unspecified atom stereocenters. The lowest BCUT2D eigenvalue weighted by molar-refractivity contribution is 0.474. The van der Waals surface area contributed by atoms with Crippen molar-refractivity contribution in [1.82, 2.24) is 0 Å². The van der Waals surface area contributed by atoms with Gasteiger partial charge in [-0.3, -0.25) is 4.99 Å². The third kappa shape index (κ3) is 3.43. The third-order valence-corrected chi connectivity index (χ3v) is 4.37. The van der Waals surface area contributed by atoms with Crippen LogP contribution in [0.4, 0.5) is 11.4 Å². The molecule has 0 aliphatic heterocycles. The number of hydrogen-bond acceptors (Lipinski definition) is 4. The van der Waals surface area contributed by atoms with E-state index in [4.69, 9.17) is 0 Å². The van der Waals surface area contributed by atoms with Gasteiger partial charge in [0.15, 0.2) is 0 Å². The summed E-state index contributed by atoms with van der Waals surface area (Å²) in [4.78, 5) is 6.54. The lowest BCUT2D eigenvalue weighted by Gasteiger charge is -2.21. The molecule has 0 aliphatic rings. The van der Waals surface area contributed by atoms with Gasteiger partial charge in [-0.15, -0.1) is 0 Å². The zero-order valence-electron chi connectivity index (χ0n) is 14.5. The van der Waals surface area contributed by atoms with Crippen LogP contribution in [0.15, 0.2) is 59.6 Å². The molecule has 0 atom stereocenters. The van der Waals surface area contributed by atoms with Crippen LogP contribution in [0.3, 0.4) is 0 Å². The number of aromatic hydroxyl groups is 2. The molecule has 4 heteroatoms. The summed E-state index contributed by atoms with van der Waals surface area (Å²) < 4.78 is 0. The number of benzene rings is 3. The van der Waals surface area contributed by atoms with Gasteiger partial charge >= 0.3 is 0 Å². The average molecular weight is 334 g/mol. The van der Waals surface area contributed by atoms with Crippen LogP contribution in [-0.4, -0.2) is 29.5 Å². The number of aliphatic imine (C=N–C) groups is 1. The van der Waals surface area contributed by atoms with Crippen LogP contribution in [0.5, 0.6) is 11.5 Å². The Kier molecular flexibility index (Phi) is 4.89. The second-order valence-corrected chi connectivity index (χ2v) is 5.82. The highest BCUT2D eigenvalue weighted by Gasteiger charge is 2.07. The van der Waals surface area contributed by atoms with E-state index in [1.165, 1.54) is 0 Å². The number of rotatable bonds is 5. The van der Waals surface area contributed by atoms with Gasteiger partial charge in [0, 0.05) is 36.6 Å². The molecular weight excluding hydrogens is 312 g/mol. The van der Waals surface area contributed by atoms with Crippen LogP contribution in [0.1, 0.15) is 19.4 Å². The molecule has 0 fully saturated rings. The molecule has 25 heavy (non-hydrogen) atoms. The van der Waals surface area contributed by atoms with Crippen molar-refractivity contribution in [3.05, 3.63) is 60.2 Å². The van der Waals surface area contributed by atoms with Crippen molar-refractivity contribution < 1.29 is 10.2 Å². The molecular formula is C21H22N2O2. The topological polar surface area (TPSA) is 56.1 Å². The van der Waals surface area contributed by atoms with Gasteiger partial charge in [0.25, 0.3) is 0 Å². The molecule has 0 saturated heterocycles. The largest absolute Gasteiger partial charge is 0.507 e. The number of hydrogen-bond donors (Lipinski definition) is 2. The zero-order chi connectivity index (χ0) is 17.8. The van der Waals surface area contributed by atoms with E-state index in [2.05, 4.69) is 23.7 Å². The van der Waals surface area contributed by atoms with Gasteiger partial charge < -0.3 is 15.1 Å². The van der Waals surface area contributed by atoms with Crippen LogP contribution in [0.2, 0.25) is 0 Å². The molecule has 0 aliphatic carbocycles. The molecule has 3 aromatic rings. The van der Waals surface area contributed by atoms with E-state index in [1.807, 2.05) is 36.4 Å². The fraction of sp³-hybridized carbons (Fsp3) is 0.190. The summed E-state index contributed by atoms with van der Waals surface area (Å²) in [6.07, 6.45) is 1.60. The Morgan fingerprint density at radius 3 is 2.40 bits per heavy atom. The molecule has 4 nitrogen and oxygen atoms in total. The van der Waals surface area contributed by atoms with Crippen molar-refractivity contribution in [1.29, 1.82) is 0 Å². The van der Waals surface area contributed by atoms with Crippen molar-refractivity contribution in [3.8, 4) is 11.5 Å². The van der Waals surface area contributed by atoms with E-state index in [9.17, 15) is 10.2 Å². The fourth-order valence-electron chi connectivity index (χ4n) is 2.96. The minimum atomic E-state index is 0.125. The predicted octanol–water partition coefficient (Wildman–Crippen LogP) is 4.85. The highest BCUT2D eigenvalue weighted by atomic mass is 16.3. The highest BCUT2D eigenvalue weighted by molar-refractivity contribution is 6.03. The normalized spacial score (nSPS) is 11.3. The lowest BCUT2D eigenvalue weighted by atomic mass is 10.0. The van der Waals surface area contributed by atoms with E-state index < -0.39 is 0 Å². The minimum Gasteiger partial charge on any atom is -0.507 e. The number of fused-ring (bicyclic) bond motifs is 1. The third-order valence-electron chi connectivity index (χ3n) is 4.37. The van der Waals surface area contributed by atoms with Crippen molar-refractivity contribution >= 4 is 28.4 Å². The number of phenolic OH excluding ortho intramolecular Hbond substituents is 2. The van der Waals surface area contributed by atoms with E-state index >= 15 is 0 Å². The first-order valence-electron chi connectivity index (χ1n) is 8.46. The van der Waals surface area contributed by atoms with Gasteiger partial charge in [-0.2, -0.15) is 0 Å². The van der Waals surface area contributed by atoms with Crippen molar-refractivity contribution in [2.24, 2.45) is 4.99 Å². The van der Waals surface area contributed by atoms with Crippen molar-refractivity contribution in [3.63, 3.8) is 0 Å². The Labute approximate surface area is 147 Å². The summed E-state index contributed by atoms with van der Waals surface area (Å²) in [5.74, 6) is 0.294. The second kappa shape index (κ2) is 7.26. The summed E-state index contributed by atoms with van der Waals surface area (Å²) in [7, 11) is 0. The molecule has 3 rings (SSSR count). The maximum atomic E-state index is 10.3. The molecule has 0 heterocycles. The molecule has 0 saturated carbocycles. The molecule has 0 amide bonds. The Morgan fingerprint density at radius 1 is 0.920 bits per heavy atom. The Hall–Kier alpha value is -3.01. The van der Waals surface area contributed by atoms with Gasteiger partial charge in [0.1, 0.15) is 17.2 Å². The number of nitrogens with zero attached hydrogens (tertiary/aromatic N) is 2. The summed E-state index contributed by atoms with van der Waals surface area (Å²) >= 11 is 0. The fourth-order valence-corrected chi connectivity index (χ4v) is 2.96. The predicted molar refractivity (Wildman–Crippen MR) is 105 cm³/mol. The lowest BCUT2D eigenvalue weighted by Crippen LogP contribution is -2.21. The molecule has 0 spiro atoms. The van der Waals surface area contributed by atoms with Crippen LogP contribution < -0.4 is 4.90 Å². The summed E-state index contributed by atoms with van der Waals surface area (Å²) in [5.41, 5.74) is 2.09. The van der Waals surface area contributed by atoms with Gasteiger partial charge in [-0.05, 0) is 42.8 Å². The van der Waals surface area contributed by atoms with Gasteiger partial charge in [0.2, 0.25) is 0 Å². The molecule has 0 radical (unpaired) electrons. The van der Waals surface area contributed by atoms with E-state index in [1.54, 1.807) is 24.4 Å².